The molecule has 0 amide bonds. The number of hydrogen-bond donors (Lipinski definition) is 1. The molecule has 0 saturated carbocycles. The molecule has 2 unspecified atom stereocenters. The minimum absolute atomic E-state index is 0.279. The van der Waals surface area contributed by atoms with Crippen molar-refractivity contribution in [2.75, 3.05) is 11.4 Å². The van der Waals surface area contributed by atoms with E-state index in [1.54, 1.807) is 6.20 Å². The Morgan fingerprint density at radius 2 is 2.24 bits per heavy atom. The average molecular weight is 238 g/mol. The third-order valence-corrected chi connectivity index (χ3v) is 3.51. The Bertz CT molecular complexity index is 397. The first kappa shape index (κ1) is 12.3. The van der Waals surface area contributed by atoms with Gasteiger partial charge in [-0.15, -0.1) is 0 Å². The van der Waals surface area contributed by atoms with Crippen molar-refractivity contribution in [2.24, 2.45) is 5.92 Å². The Labute approximate surface area is 101 Å². The molecule has 1 aliphatic heterocycles. The number of hydrogen-bond acceptors (Lipinski definition) is 3. The monoisotopic (exact) mass is 238 g/mol. The molecule has 1 N–H and O–H groups in total. The molecule has 0 radical (unpaired) electrons. The summed E-state index contributed by atoms with van der Waals surface area (Å²) in [5.74, 6) is 0.566. The molecule has 4 heteroatoms. The van der Waals surface area contributed by atoms with Crippen LogP contribution < -0.4 is 4.90 Å². The number of rotatable bonds is 2. The summed E-state index contributed by atoms with van der Waals surface area (Å²) >= 11 is 0. The number of pyridine rings is 1. The lowest BCUT2D eigenvalue weighted by Crippen LogP contribution is -2.42. The molecule has 1 fully saturated rings. The zero-order valence-electron chi connectivity index (χ0n) is 10.4. The van der Waals surface area contributed by atoms with Gasteiger partial charge in [0, 0.05) is 24.3 Å². The van der Waals surface area contributed by atoms with E-state index < -0.39 is 0 Å². The summed E-state index contributed by atoms with van der Waals surface area (Å²) < 4.78 is 14.1. The van der Waals surface area contributed by atoms with Gasteiger partial charge in [-0.05, 0) is 31.7 Å². The number of nitrogens with zero attached hydrogens (tertiary/aromatic N) is 2. The molecule has 3 nitrogen and oxygen atoms in total. The van der Waals surface area contributed by atoms with E-state index in [2.05, 4.69) is 18.8 Å². The van der Waals surface area contributed by atoms with Crippen molar-refractivity contribution in [3.05, 3.63) is 23.6 Å². The normalized spacial score (nSPS) is 25.1. The fourth-order valence-corrected chi connectivity index (χ4v) is 2.38. The highest BCUT2D eigenvalue weighted by molar-refractivity contribution is 5.44. The second-order valence-corrected chi connectivity index (χ2v) is 4.95. The number of anilines is 1. The second-order valence-electron chi connectivity index (χ2n) is 4.95. The zero-order chi connectivity index (χ0) is 12.4. The van der Waals surface area contributed by atoms with Gasteiger partial charge in [-0.3, -0.25) is 0 Å². The van der Waals surface area contributed by atoms with Gasteiger partial charge in [-0.1, -0.05) is 6.92 Å². The maximum absolute atomic E-state index is 14.1. The van der Waals surface area contributed by atoms with Gasteiger partial charge in [0.2, 0.25) is 0 Å². The lowest BCUT2D eigenvalue weighted by Gasteiger charge is -2.37. The van der Waals surface area contributed by atoms with E-state index in [9.17, 15) is 4.39 Å². The van der Waals surface area contributed by atoms with Gasteiger partial charge >= 0.3 is 0 Å². The molecule has 94 valence electrons. The SMILES string of the molecule is CC1CCC(C)N(c2nccc(CO)c2F)C1. The molecule has 0 aromatic carbocycles. The summed E-state index contributed by atoms with van der Waals surface area (Å²) in [4.78, 5) is 6.15. The highest BCUT2D eigenvalue weighted by Gasteiger charge is 2.26. The summed E-state index contributed by atoms with van der Waals surface area (Å²) in [5.41, 5.74) is 0.320. The van der Waals surface area contributed by atoms with E-state index >= 15 is 0 Å². The highest BCUT2D eigenvalue weighted by atomic mass is 19.1. The molecule has 1 aromatic rings. The van der Waals surface area contributed by atoms with Crippen molar-refractivity contribution in [2.45, 2.75) is 39.3 Å². The first-order valence-electron chi connectivity index (χ1n) is 6.14. The van der Waals surface area contributed by atoms with Gasteiger partial charge < -0.3 is 10.0 Å². The predicted octanol–water partition coefficient (Wildman–Crippen LogP) is 2.34. The Kier molecular flexibility index (Phi) is 3.62. The molecular weight excluding hydrogens is 219 g/mol. The number of piperidine rings is 1. The maximum atomic E-state index is 14.1. The van der Waals surface area contributed by atoms with Gasteiger partial charge in [-0.25, -0.2) is 9.37 Å². The van der Waals surface area contributed by atoms with Crippen LogP contribution in [0.15, 0.2) is 12.3 Å². The van der Waals surface area contributed by atoms with E-state index in [-0.39, 0.29) is 12.4 Å². The van der Waals surface area contributed by atoms with Crippen LogP contribution in [-0.4, -0.2) is 22.7 Å². The fraction of sp³-hybridized carbons (Fsp3) is 0.615. The molecule has 2 heterocycles. The minimum Gasteiger partial charge on any atom is -0.392 e. The third kappa shape index (κ3) is 2.41. The average Bonchev–Trinajstić information content (AvgIpc) is 2.33. The third-order valence-electron chi connectivity index (χ3n) is 3.51. The maximum Gasteiger partial charge on any atom is 0.171 e. The van der Waals surface area contributed by atoms with Crippen molar-refractivity contribution in [1.29, 1.82) is 0 Å². The van der Waals surface area contributed by atoms with Crippen molar-refractivity contribution in [3.8, 4) is 0 Å². The van der Waals surface area contributed by atoms with Gasteiger partial charge in [0.1, 0.15) is 0 Å². The Hall–Kier alpha value is -1.16. The molecule has 0 aliphatic carbocycles. The van der Waals surface area contributed by atoms with E-state index in [0.29, 0.717) is 23.3 Å². The summed E-state index contributed by atoms with van der Waals surface area (Å²) in [6.07, 6.45) is 3.81. The Morgan fingerprint density at radius 3 is 2.94 bits per heavy atom. The van der Waals surface area contributed by atoms with E-state index in [4.69, 9.17) is 5.11 Å². The van der Waals surface area contributed by atoms with Gasteiger partial charge in [0.05, 0.1) is 6.61 Å². The lowest BCUT2D eigenvalue weighted by atomic mass is 9.95. The van der Waals surface area contributed by atoms with Crippen LogP contribution in [-0.2, 0) is 6.61 Å². The molecule has 0 bridgehead atoms. The number of halogens is 1. The van der Waals surface area contributed by atoms with Gasteiger partial charge in [0.25, 0.3) is 0 Å². The van der Waals surface area contributed by atoms with Crippen LogP contribution in [0, 0.1) is 11.7 Å². The smallest absolute Gasteiger partial charge is 0.171 e. The van der Waals surface area contributed by atoms with E-state index in [1.807, 2.05) is 4.90 Å². The van der Waals surface area contributed by atoms with Crippen LogP contribution in [0.2, 0.25) is 0 Å². The summed E-state index contributed by atoms with van der Waals surface area (Å²) in [6, 6.07) is 1.83. The first-order valence-corrected chi connectivity index (χ1v) is 6.14. The van der Waals surface area contributed by atoms with Crippen LogP contribution in [0.3, 0.4) is 0 Å². The standard InChI is InChI=1S/C13H19FN2O/c1-9-3-4-10(2)16(7-9)13-12(14)11(8-17)5-6-15-13/h5-6,9-10,17H,3-4,7-8H2,1-2H3. The van der Waals surface area contributed by atoms with Crippen LogP contribution in [0.25, 0.3) is 0 Å². The quantitative estimate of drug-likeness (QED) is 0.859. The first-order chi connectivity index (χ1) is 8.13. The van der Waals surface area contributed by atoms with Crippen molar-refractivity contribution in [3.63, 3.8) is 0 Å². The molecule has 2 atom stereocenters. The van der Waals surface area contributed by atoms with E-state index in [0.717, 1.165) is 13.0 Å². The largest absolute Gasteiger partial charge is 0.392 e. The van der Waals surface area contributed by atoms with Crippen molar-refractivity contribution < 1.29 is 9.50 Å². The minimum atomic E-state index is -0.379. The number of aromatic nitrogens is 1. The zero-order valence-corrected chi connectivity index (χ0v) is 10.4. The fourth-order valence-electron chi connectivity index (χ4n) is 2.38. The highest BCUT2D eigenvalue weighted by Crippen LogP contribution is 2.28. The number of aliphatic hydroxyl groups is 1. The van der Waals surface area contributed by atoms with Crippen molar-refractivity contribution in [1.82, 2.24) is 4.98 Å². The second kappa shape index (κ2) is 5.00. The van der Waals surface area contributed by atoms with Crippen molar-refractivity contribution >= 4 is 5.82 Å². The molecule has 1 aromatic heterocycles. The molecule has 0 spiro atoms. The summed E-state index contributed by atoms with van der Waals surface area (Å²) in [5, 5.41) is 9.07. The molecule has 2 rings (SSSR count). The van der Waals surface area contributed by atoms with Crippen LogP contribution in [0.4, 0.5) is 10.2 Å². The number of aliphatic hydroxyl groups excluding tert-OH is 1. The van der Waals surface area contributed by atoms with Crippen LogP contribution >= 0.6 is 0 Å². The van der Waals surface area contributed by atoms with Gasteiger partial charge in [0.15, 0.2) is 11.6 Å². The summed E-state index contributed by atoms with van der Waals surface area (Å²) in [7, 11) is 0. The topological polar surface area (TPSA) is 36.4 Å². The Balaban J connectivity index is 2.32. The Morgan fingerprint density at radius 1 is 1.47 bits per heavy atom. The molecule has 17 heavy (non-hydrogen) atoms. The van der Waals surface area contributed by atoms with Crippen LogP contribution in [0.1, 0.15) is 32.3 Å². The van der Waals surface area contributed by atoms with E-state index in [1.165, 1.54) is 12.5 Å². The molecule has 1 aliphatic rings. The molecular formula is C13H19FN2O. The van der Waals surface area contributed by atoms with Crippen LogP contribution in [0.5, 0.6) is 0 Å². The molecule has 1 saturated heterocycles. The summed E-state index contributed by atoms with van der Waals surface area (Å²) in [6.45, 7) is 4.82. The predicted molar refractivity (Wildman–Crippen MR) is 65.3 cm³/mol. The lowest BCUT2D eigenvalue weighted by molar-refractivity contribution is 0.275. The van der Waals surface area contributed by atoms with Gasteiger partial charge in [-0.2, -0.15) is 0 Å².